The van der Waals surface area contributed by atoms with Crippen LogP contribution in [0.3, 0.4) is 0 Å². The van der Waals surface area contributed by atoms with Crippen molar-refractivity contribution in [2.75, 3.05) is 6.54 Å². The van der Waals surface area contributed by atoms with Crippen molar-refractivity contribution in [1.82, 2.24) is 0 Å². The molecular formula is C5H10N2O3. The molecule has 0 fully saturated rings. The molecule has 5 nitrogen and oxygen atoms in total. The minimum Gasteiger partial charge on any atom is -0.330 e. The molecule has 0 saturated heterocycles. The zero-order valence-corrected chi connectivity index (χ0v) is 5.58. The Morgan fingerprint density at radius 3 is 2.70 bits per heavy atom. The zero-order chi connectivity index (χ0) is 7.82. The predicted molar refractivity (Wildman–Crippen MR) is 34.8 cm³/mol. The average Bonchev–Trinajstić information content (AvgIpc) is 1.89. The molecule has 0 atom stereocenters. The molecule has 0 amide bonds. The van der Waals surface area contributed by atoms with E-state index in [0.717, 1.165) is 6.42 Å². The van der Waals surface area contributed by atoms with Crippen LogP contribution >= 0.6 is 0 Å². The van der Waals surface area contributed by atoms with Gasteiger partial charge in [0.15, 0.2) is 5.34 Å². The molecule has 2 N–H and O–H groups in total. The first-order chi connectivity index (χ1) is 4.81. The van der Waals surface area contributed by atoms with Crippen molar-refractivity contribution < 1.29 is 9.63 Å². The molecule has 5 heteroatoms. The minimum atomic E-state index is -0.594. The SMILES string of the molecule is NCCCCC(=O)ON=O. The maximum Gasteiger partial charge on any atom is 0.338 e. The normalized spacial score (nSPS) is 8.90. The molecule has 0 aromatic rings. The van der Waals surface area contributed by atoms with Crippen molar-refractivity contribution in [3.63, 3.8) is 0 Å². The zero-order valence-electron chi connectivity index (χ0n) is 5.58. The van der Waals surface area contributed by atoms with Crippen LogP contribution in [0.2, 0.25) is 0 Å². The third-order valence-corrected chi connectivity index (χ3v) is 0.974. The van der Waals surface area contributed by atoms with Crippen LogP contribution in [0.5, 0.6) is 0 Å². The van der Waals surface area contributed by atoms with Gasteiger partial charge in [0.1, 0.15) is 0 Å². The van der Waals surface area contributed by atoms with Gasteiger partial charge in [-0.25, -0.2) is 4.79 Å². The summed E-state index contributed by atoms with van der Waals surface area (Å²) < 4.78 is 0. The Kier molecular flexibility index (Phi) is 5.56. The maximum absolute atomic E-state index is 10.4. The van der Waals surface area contributed by atoms with Gasteiger partial charge in [-0.05, 0) is 19.4 Å². The second-order valence-electron chi connectivity index (χ2n) is 1.78. The van der Waals surface area contributed by atoms with Crippen molar-refractivity contribution in [2.24, 2.45) is 11.1 Å². The molecule has 0 aliphatic heterocycles. The Morgan fingerprint density at radius 2 is 2.20 bits per heavy atom. The Hall–Kier alpha value is -0.970. The summed E-state index contributed by atoms with van der Waals surface area (Å²) in [5.74, 6) is -0.594. The first kappa shape index (κ1) is 9.03. The predicted octanol–water partition coefficient (Wildman–Crippen LogP) is 0.340. The van der Waals surface area contributed by atoms with Gasteiger partial charge in [-0.15, -0.1) is 4.91 Å². The lowest BCUT2D eigenvalue weighted by Crippen LogP contribution is -2.02. The summed E-state index contributed by atoms with van der Waals surface area (Å²) in [7, 11) is 0. The van der Waals surface area contributed by atoms with Gasteiger partial charge in [-0.1, -0.05) is 0 Å². The van der Waals surface area contributed by atoms with E-state index in [9.17, 15) is 9.70 Å². The van der Waals surface area contributed by atoms with Crippen LogP contribution in [0.15, 0.2) is 5.34 Å². The molecule has 0 aromatic carbocycles. The summed E-state index contributed by atoms with van der Waals surface area (Å²) in [4.78, 5) is 23.5. The highest BCUT2D eigenvalue weighted by Gasteiger charge is 2.00. The standard InChI is InChI=1S/C5H10N2O3/c6-4-2-1-3-5(8)10-7-9/h1-4,6H2. The van der Waals surface area contributed by atoms with Gasteiger partial charge in [-0.3, -0.25) is 4.84 Å². The van der Waals surface area contributed by atoms with Gasteiger partial charge in [0.05, 0.1) is 0 Å². The van der Waals surface area contributed by atoms with E-state index >= 15 is 0 Å². The van der Waals surface area contributed by atoms with Crippen molar-refractivity contribution in [3.8, 4) is 0 Å². The van der Waals surface area contributed by atoms with E-state index in [1.807, 2.05) is 5.34 Å². The number of unbranched alkanes of at least 4 members (excludes halogenated alkanes) is 1. The molecule has 0 aliphatic carbocycles. The molecule has 0 spiro atoms. The quantitative estimate of drug-likeness (QED) is 0.344. The minimum absolute atomic E-state index is 0.211. The molecule has 0 bridgehead atoms. The van der Waals surface area contributed by atoms with Gasteiger partial charge in [0.2, 0.25) is 0 Å². The first-order valence-electron chi connectivity index (χ1n) is 3.04. The maximum atomic E-state index is 10.4. The molecule has 0 unspecified atom stereocenters. The van der Waals surface area contributed by atoms with Crippen LogP contribution in [0.1, 0.15) is 19.3 Å². The lowest BCUT2D eigenvalue weighted by molar-refractivity contribution is -0.144. The third kappa shape index (κ3) is 5.17. The van der Waals surface area contributed by atoms with E-state index in [0.29, 0.717) is 13.0 Å². The lowest BCUT2D eigenvalue weighted by atomic mass is 10.2. The molecule has 58 valence electrons. The summed E-state index contributed by atoms with van der Waals surface area (Å²) in [6.07, 6.45) is 1.61. The number of carbonyl (C=O) groups is 1. The highest BCUT2D eigenvalue weighted by Crippen LogP contribution is 1.95. The van der Waals surface area contributed by atoms with E-state index in [2.05, 4.69) is 4.84 Å². The van der Waals surface area contributed by atoms with Crippen LogP contribution in [-0.2, 0) is 9.63 Å². The largest absolute Gasteiger partial charge is 0.338 e. The Labute approximate surface area is 58.5 Å². The van der Waals surface area contributed by atoms with E-state index in [1.54, 1.807) is 0 Å². The smallest absolute Gasteiger partial charge is 0.330 e. The molecule has 10 heavy (non-hydrogen) atoms. The number of hydrogen-bond donors (Lipinski definition) is 1. The van der Waals surface area contributed by atoms with Gasteiger partial charge in [0, 0.05) is 6.42 Å². The highest BCUT2D eigenvalue weighted by atomic mass is 16.7. The number of nitrogens with two attached hydrogens (primary N) is 1. The van der Waals surface area contributed by atoms with E-state index in [1.165, 1.54) is 0 Å². The molecule has 0 radical (unpaired) electrons. The fourth-order valence-corrected chi connectivity index (χ4v) is 0.501. The average molecular weight is 146 g/mol. The van der Waals surface area contributed by atoms with E-state index in [4.69, 9.17) is 5.73 Å². The summed E-state index contributed by atoms with van der Waals surface area (Å²) >= 11 is 0. The Balaban J connectivity index is 3.13. The van der Waals surface area contributed by atoms with Gasteiger partial charge < -0.3 is 5.73 Å². The fraction of sp³-hybridized carbons (Fsp3) is 0.800. The summed E-state index contributed by atoms with van der Waals surface area (Å²) in [5, 5.41) is 1.98. The third-order valence-electron chi connectivity index (χ3n) is 0.974. The van der Waals surface area contributed by atoms with E-state index in [-0.39, 0.29) is 6.42 Å². The second kappa shape index (κ2) is 6.15. The second-order valence-corrected chi connectivity index (χ2v) is 1.78. The molecule has 0 aromatic heterocycles. The molecule has 0 aliphatic rings. The fourth-order valence-electron chi connectivity index (χ4n) is 0.501. The molecule has 0 heterocycles. The van der Waals surface area contributed by atoms with E-state index < -0.39 is 5.97 Å². The monoisotopic (exact) mass is 146 g/mol. The molecule has 0 rings (SSSR count). The lowest BCUT2D eigenvalue weighted by Gasteiger charge is -1.92. The van der Waals surface area contributed by atoms with Gasteiger partial charge in [0.25, 0.3) is 0 Å². The van der Waals surface area contributed by atoms with Crippen molar-refractivity contribution in [2.45, 2.75) is 19.3 Å². The number of carbonyl (C=O) groups excluding carboxylic acids is 1. The number of rotatable bonds is 5. The van der Waals surface area contributed by atoms with Gasteiger partial charge in [-0.2, -0.15) is 0 Å². The van der Waals surface area contributed by atoms with Crippen molar-refractivity contribution in [3.05, 3.63) is 4.91 Å². The first-order valence-corrected chi connectivity index (χ1v) is 3.04. The van der Waals surface area contributed by atoms with Crippen LogP contribution in [0.25, 0.3) is 0 Å². The highest BCUT2D eigenvalue weighted by molar-refractivity contribution is 5.68. The van der Waals surface area contributed by atoms with Crippen LogP contribution in [0, 0.1) is 4.91 Å². The molecular weight excluding hydrogens is 136 g/mol. The van der Waals surface area contributed by atoms with Crippen molar-refractivity contribution in [1.29, 1.82) is 0 Å². The van der Waals surface area contributed by atoms with Crippen LogP contribution in [0.4, 0.5) is 0 Å². The molecule has 0 saturated carbocycles. The van der Waals surface area contributed by atoms with Crippen LogP contribution in [-0.4, -0.2) is 12.5 Å². The Morgan fingerprint density at radius 1 is 1.50 bits per heavy atom. The van der Waals surface area contributed by atoms with Crippen molar-refractivity contribution >= 4 is 5.97 Å². The number of nitrogens with zero attached hydrogens (tertiary/aromatic N) is 1. The summed E-state index contributed by atoms with van der Waals surface area (Å²) in [5.41, 5.74) is 5.15. The van der Waals surface area contributed by atoms with Crippen LogP contribution < -0.4 is 5.73 Å². The number of hydrogen-bond acceptors (Lipinski definition) is 5. The topological polar surface area (TPSA) is 81.8 Å². The van der Waals surface area contributed by atoms with Gasteiger partial charge >= 0.3 is 5.97 Å². The Bertz CT molecular complexity index is 115. The summed E-state index contributed by atoms with van der Waals surface area (Å²) in [6.45, 7) is 0.543. The summed E-state index contributed by atoms with van der Waals surface area (Å²) in [6, 6.07) is 0.